The van der Waals surface area contributed by atoms with E-state index in [1.54, 1.807) is 20.4 Å². The fourth-order valence-electron chi connectivity index (χ4n) is 4.23. The Hall–Kier alpha value is -2.76. The Kier molecular flexibility index (Phi) is 5.88. The average molecular weight is 396 g/mol. The molecule has 0 bridgehead atoms. The third-order valence-electron chi connectivity index (χ3n) is 5.93. The molecule has 2 aliphatic heterocycles. The highest BCUT2D eigenvalue weighted by Gasteiger charge is 2.22. The Morgan fingerprint density at radius 3 is 2.24 bits per heavy atom. The minimum Gasteiger partial charge on any atom is -0.493 e. The summed E-state index contributed by atoms with van der Waals surface area (Å²) in [5, 5.41) is 0. The summed E-state index contributed by atoms with van der Waals surface area (Å²) in [4.78, 5) is 21.6. The number of carbonyl (C=O) groups excluding carboxylic acids is 1. The monoisotopic (exact) mass is 395 g/mol. The van der Waals surface area contributed by atoms with Gasteiger partial charge in [0.05, 0.1) is 19.8 Å². The largest absolute Gasteiger partial charge is 0.493 e. The van der Waals surface area contributed by atoms with Gasteiger partial charge < -0.3 is 19.3 Å². The SMILES string of the molecule is COc1cc2c(cc1OC)CN(c1ccc(C(=O)N3CCCCCC3)cn1)CC2. The zero-order valence-electron chi connectivity index (χ0n) is 17.3. The van der Waals surface area contributed by atoms with Gasteiger partial charge in [0.1, 0.15) is 5.82 Å². The molecule has 29 heavy (non-hydrogen) atoms. The lowest BCUT2D eigenvalue weighted by atomic mass is 9.98. The number of carbonyl (C=O) groups is 1. The minimum atomic E-state index is 0.103. The molecule has 1 amide bonds. The molecule has 0 unspecified atom stereocenters. The van der Waals surface area contributed by atoms with Crippen molar-refractivity contribution in [3.05, 3.63) is 47.2 Å². The quantitative estimate of drug-likeness (QED) is 0.791. The van der Waals surface area contributed by atoms with E-state index in [2.05, 4.69) is 22.0 Å². The van der Waals surface area contributed by atoms with Crippen molar-refractivity contribution in [2.45, 2.75) is 38.6 Å². The van der Waals surface area contributed by atoms with E-state index in [1.807, 2.05) is 17.0 Å². The van der Waals surface area contributed by atoms with Crippen LogP contribution in [0, 0.1) is 0 Å². The molecule has 2 aliphatic rings. The van der Waals surface area contributed by atoms with E-state index in [0.717, 1.165) is 62.8 Å². The smallest absolute Gasteiger partial charge is 0.255 e. The van der Waals surface area contributed by atoms with Crippen molar-refractivity contribution in [3.63, 3.8) is 0 Å². The first kappa shape index (κ1) is 19.6. The van der Waals surface area contributed by atoms with Gasteiger partial charge >= 0.3 is 0 Å². The summed E-state index contributed by atoms with van der Waals surface area (Å²) in [6.45, 7) is 3.36. The summed E-state index contributed by atoms with van der Waals surface area (Å²) in [6, 6.07) is 8.01. The second-order valence-corrected chi connectivity index (χ2v) is 7.76. The molecule has 0 aliphatic carbocycles. The number of methoxy groups -OCH3 is 2. The summed E-state index contributed by atoms with van der Waals surface area (Å²) in [5.41, 5.74) is 3.19. The van der Waals surface area contributed by atoms with Gasteiger partial charge in [0.2, 0.25) is 0 Å². The van der Waals surface area contributed by atoms with Crippen molar-refractivity contribution in [1.29, 1.82) is 0 Å². The van der Waals surface area contributed by atoms with Gasteiger partial charge in [-0.3, -0.25) is 4.79 Å². The minimum absolute atomic E-state index is 0.103. The number of benzene rings is 1. The maximum Gasteiger partial charge on any atom is 0.255 e. The first-order valence-corrected chi connectivity index (χ1v) is 10.4. The van der Waals surface area contributed by atoms with E-state index >= 15 is 0 Å². The third-order valence-corrected chi connectivity index (χ3v) is 5.93. The number of amides is 1. The maximum absolute atomic E-state index is 12.8. The number of rotatable bonds is 4. The van der Waals surface area contributed by atoms with Crippen LogP contribution in [0.4, 0.5) is 5.82 Å². The van der Waals surface area contributed by atoms with Crippen molar-refractivity contribution in [2.75, 3.05) is 38.8 Å². The van der Waals surface area contributed by atoms with Gasteiger partial charge in [0.25, 0.3) is 5.91 Å². The van der Waals surface area contributed by atoms with Gasteiger partial charge in [-0.15, -0.1) is 0 Å². The Bertz CT molecular complexity index is 858. The predicted octanol–water partition coefficient (Wildman–Crippen LogP) is 3.68. The molecule has 4 rings (SSSR count). The maximum atomic E-state index is 12.8. The van der Waals surface area contributed by atoms with Crippen molar-refractivity contribution in [2.24, 2.45) is 0 Å². The van der Waals surface area contributed by atoms with Crippen LogP contribution in [0.3, 0.4) is 0 Å². The molecule has 154 valence electrons. The molecular weight excluding hydrogens is 366 g/mol. The van der Waals surface area contributed by atoms with E-state index in [9.17, 15) is 4.79 Å². The number of hydrogen-bond acceptors (Lipinski definition) is 5. The number of aromatic nitrogens is 1. The van der Waals surface area contributed by atoms with Gasteiger partial charge in [0.15, 0.2) is 11.5 Å². The summed E-state index contributed by atoms with van der Waals surface area (Å²) < 4.78 is 10.9. The number of nitrogens with zero attached hydrogens (tertiary/aromatic N) is 3. The van der Waals surface area contributed by atoms with E-state index in [4.69, 9.17) is 9.47 Å². The highest BCUT2D eigenvalue weighted by molar-refractivity contribution is 5.94. The van der Waals surface area contributed by atoms with Crippen LogP contribution in [0.25, 0.3) is 0 Å². The van der Waals surface area contributed by atoms with Crippen molar-refractivity contribution in [3.8, 4) is 11.5 Å². The molecule has 1 saturated heterocycles. The average Bonchev–Trinajstić information content (AvgIpc) is 3.07. The molecule has 3 heterocycles. The van der Waals surface area contributed by atoms with Crippen molar-refractivity contribution >= 4 is 11.7 Å². The number of ether oxygens (including phenoxy) is 2. The fraction of sp³-hybridized carbons (Fsp3) is 0.478. The van der Waals surface area contributed by atoms with E-state index in [-0.39, 0.29) is 5.91 Å². The van der Waals surface area contributed by atoms with Crippen LogP contribution in [-0.2, 0) is 13.0 Å². The van der Waals surface area contributed by atoms with Crippen LogP contribution < -0.4 is 14.4 Å². The summed E-state index contributed by atoms with van der Waals surface area (Å²) >= 11 is 0. The molecule has 0 atom stereocenters. The molecule has 6 nitrogen and oxygen atoms in total. The zero-order valence-corrected chi connectivity index (χ0v) is 17.3. The number of anilines is 1. The van der Waals surface area contributed by atoms with Crippen molar-refractivity contribution < 1.29 is 14.3 Å². The molecule has 1 fully saturated rings. The second-order valence-electron chi connectivity index (χ2n) is 7.76. The van der Waals surface area contributed by atoms with Crippen LogP contribution in [0.1, 0.15) is 47.2 Å². The van der Waals surface area contributed by atoms with Gasteiger partial charge in [-0.05, 0) is 54.7 Å². The molecule has 0 spiro atoms. The number of hydrogen-bond donors (Lipinski definition) is 0. The molecule has 6 heteroatoms. The van der Waals surface area contributed by atoms with E-state index in [1.165, 1.54) is 24.0 Å². The third kappa shape index (κ3) is 4.16. The summed E-state index contributed by atoms with van der Waals surface area (Å²) in [6.07, 6.45) is 7.28. The standard InChI is InChI=1S/C23H29N3O3/c1-28-20-13-17-9-12-26(16-19(17)14-21(20)29-2)22-8-7-18(15-24-22)23(27)25-10-5-3-4-6-11-25/h7-8,13-15H,3-6,9-12,16H2,1-2H3. The van der Waals surface area contributed by atoms with Gasteiger partial charge in [-0.1, -0.05) is 12.8 Å². The van der Waals surface area contributed by atoms with Crippen LogP contribution in [0.15, 0.2) is 30.5 Å². The van der Waals surface area contributed by atoms with Crippen LogP contribution in [-0.4, -0.2) is 49.6 Å². The molecule has 1 aromatic heterocycles. The van der Waals surface area contributed by atoms with Gasteiger partial charge in [0, 0.05) is 32.4 Å². The number of likely N-dealkylation sites (tertiary alicyclic amines) is 1. The molecule has 2 aromatic rings. The number of fused-ring (bicyclic) bond motifs is 1. The van der Waals surface area contributed by atoms with Crippen LogP contribution in [0.5, 0.6) is 11.5 Å². The zero-order chi connectivity index (χ0) is 20.2. The molecule has 0 N–H and O–H groups in total. The van der Waals surface area contributed by atoms with E-state index < -0.39 is 0 Å². The molecule has 0 radical (unpaired) electrons. The van der Waals surface area contributed by atoms with Crippen LogP contribution in [0.2, 0.25) is 0 Å². The Labute approximate surface area is 172 Å². The summed E-state index contributed by atoms with van der Waals surface area (Å²) in [7, 11) is 3.32. The Morgan fingerprint density at radius 2 is 1.62 bits per heavy atom. The molecule has 1 aromatic carbocycles. The lowest BCUT2D eigenvalue weighted by Crippen LogP contribution is -2.33. The first-order chi connectivity index (χ1) is 14.2. The molecule has 0 saturated carbocycles. The second kappa shape index (κ2) is 8.72. The highest BCUT2D eigenvalue weighted by Crippen LogP contribution is 2.34. The molecular formula is C23H29N3O3. The lowest BCUT2D eigenvalue weighted by Gasteiger charge is -2.30. The fourth-order valence-corrected chi connectivity index (χ4v) is 4.23. The topological polar surface area (TPSA) is 54.9 Å². The number of pyridine rings is 1. The Balaban J connectivity index is 1.48. The van der Waals surface area contributed by atoms with E-state index in [0.29, 0.717) is 5.56 Å². The normalized spacial score (nSPS) is 16.8. The lowest BCUT2D eigenvalue weighted by molar-refractivity contribution is 0.0761. The van der Waals surface area contributed by atoms with Gasteiger partial charge in [-0.25, -0.2) is 4.98 Å². The van der Waals surface area contributed by atoms with Gasteiger partial charge in [-0.2, -0.15) is 0 Å². The first-order valence-electron chi connectivity index (χ1n) is 10.4. The van der Waals surface area contributed by atoms with Crippen LogP contribution >= 0.6 is 0 Å². The predicted molar refractivity (Wildman–Crippen MR) is 113 cm³/mol. The highest BCUT2D eigenvalue weighted by atomic mass is 16.5. The van der Waals surface area contributed by atoms with Crippen molar-refractivity contribution in [1.82, 2.24) is 9.88 Å². The summed E-state index contributed by atoms with van der Waals surface area (Å²) in [5.74, 6) is 2.53. The Morgan fingerprint density at radius 1 is 0.931 bits per heavy atom.